The Balaban J connectivity index is 1.43. The zero-order chi connectivity index (χ0) is 31.9. The highest BCUT2D eigenvalue weighted by Crippen LogP contribution is 2.41. The van der Waals surface area contributed by atoms with Gasteiger partial charge in [-0.2, -0.15) is 10.1 Å². The molecule has 1 saturated carbocycles. The number of likely N-dealkylation sites (tertiary alicyclic amines) is 1. The van der Waals surface area contributed by atoms with Crippen LogP contribution in [0.3, 0.4) is 0 Å². The van der Waals surface area contributed by atoms with Crippen molar-refractivity contribution in [2.45, 2.75) is 74.8 Å². The van der Waals surface area contributed by atoms with E-state index in [9.17, 15) is 13.2 Å². The van der Waals surface area contributed by atoms with Gasteiger partial charge in [0.05, 0.1) is 35.0 Å². The molecule has 12 nitrogen and oxygen atoms in total. The molecule has 1 amide bonds. The van der Waals surface area contributed by atoms with Gasteiger partial charge in [0.2, 0.25) is 26.7 Å². The Kier molecular flexibility index (Phi) is 9.11. The number of carbonyl (C=O) groups excluding carboxylic acids is 1. The molecule has 2 N–H and O–H groups in total. The predicted octanol–water partition coefficient (Wildman–Crippen LogP) is 4.65. The van der Waals surface area contributed by atoms with Gasteiger partial charge in [-0.05, 0) is 89.2 Å². The number of piperidine rings is 1. The Morgan fingerprint density at radius 1 is 1.14 bits per heavy atom. The normalized spacial score (nSPS) is 19.2. The average molecular weight is 645 g/mol. The summed E-state index contributed by atoms with van der Waals surface area (Å²) >= 11 is 6.44. The lowest BCUT2D eigenvalue weighted by Crippen LogP contribution is -2.48. The van der Waals surface area contributed by atoms with Gasteiger partial charge in [-0.3, -0.25) is 14.4 Å². The van der Waals surface area contributed by atoms with Gasteiger partial charge in [0.1, 0.15) is 10.8 Å². The molecule has 1 aromatic carbocycles. The minimum absolute atomic E-state index is 0.0750. The molecule has 2 fully saturated rings. The molecule has 0 spiro atoms. The second-order valence-corrected chi connectivity index (χ2v) is 15.1. The van der Waals surface area contributed by atoms with Crippen molar-refractivity contribution in [3.05, 3.63) is 40.7 Å². The highest BCUT2D eigenvalue weighted by molar-refractivity contribution is 7.92. The fourth-order valence-corrected chi connectivity index (χ4v) is 6.64. The Hall–Kier alpha value is -3.42. The van der Waals surface area contributed by atoms with E-state index in [1.54, 1.807) is 46.1 Å². The van der Waals surface area contributed by atoms with Gasteiger partial charge >= 0.3 is 0 Å². The largest absolute Gasteiger partial charge is 0.488 e. The van der Waals surface area contributed by atoms with Gasteiger partial charge < -0.3 is 20.3 Å². The molecule has 2 aromatic heterocycles. The monoisotopic (exact) mass is 644 g/mol. The molecule has 1 aliphatic carbocycles. The van der Waals surface area contributed by atoms with Crippen LogP contribution < -0.4 is 15.4 Å². The number of benzene rings is 1. The molecule has 3 heterocycles. The Bertz CT molecular complexity index is 1650. The molecule has 3 aromatic rings. The van der Waals surface area contributed by atoms with Crippen LogP contribution in [0, 0.1) is 6.92 Å². The first-order chi connectivity index (χ1) is 20.7. The van der Waals surface area contributed by atoms with Crippen LogP contribution in [0.5, 0.6) is 5.75 Å². The summed E-state index contributed by atoms with van der Waals surface area (Å²) in [5, 5.41) is 10.0. The lowest BCUT2D eigenvalue weighted by Gasteiger charge is -2.38. The van der Waals surface area contributed by atoms with E-state index in [4.69, 9.17) is 16.3 Å². The van der Waals surface area contributed by atoms with E-state index in [2.05, 4.69) is 43.6 Å². The summed E-state index contributed by atoms with van der Waals surface area (Å²) in [4.78, 5) is 25.7. The molecule has 1 saturated heterocycles. The molecule has 1 aliphatic heterocycles. The number of hydrogen-bond donors (Lipinski definition) is 2. The molecule has 5 rings (SSSR count). The highest BCUT2D eigenvalue weighted by atomic mass is 35.5. The summed E-state index contributed by atoms with van der Waals surface area (Å²) in [7, 11) is 3.61. The van der Waals surface area contributed by atoms with E-state index in [0.717, 1.165) is 37.8 Å². The molecule has 44 heavy (non-hydrogen) atoms. The van der Waals surface area contributed by atoms with Crippen LogP contribution in [-0.4, -0.2) is 89.0 Å². The van der Waals surface area contributed by atoms with Crippen molar-refractivity contribution in [2.75, 3.05) is 38.3 Å². The molecule has 14 heteroatoms. The number of ether oxygens (including phenoxy) is 1. The number of rotatable bonds is 10. The number of aromatic nitrogens is 4. The topological polar surface area (TPSA) is 135 Å². The van der Waals surface area contributed by atoms with Crippen molar-refractivity contribution in [2.24, 2.45) is 7.05 Å². The number of halogens is 1. The number of nitrogens with zero attached hydrogens (tertiary/aromatic N) is 6. The molecule has 2 atom stereocenters. The van der Waals surface area contributed by atoms with Crippen LogP contribution in [0.1, 0.15) is 56.6 Å². The third kappa shape index (κ3) is 6.79. The van der Waals surface area contributed by atoms with E-state index in [1.165, 1.54) is 16.4 Å². The molecule has 238 valence electrons. The number of amides is 1. The smallest absolute Gasteiger partial charge is 0.239 e. The van der Waals surface area contributed by atoms with Crippen molar-refractivity contribution in [1.29, 1.82) is 0 Å². The van der Waals surface area contributed by atoms with Gasteiger partial charge in [-0.15, -0.1) is 0 Å². The lowest BCUT2D eigenvalue weighted by molar-refractivity contribution is -0.135. The quantitative estimate of drug-likeness (QED) is 0.321. The summed E-state index contributed by atoms with van der Waals surface area (Å²) in [6.45, 7) is 6.11. The number of hydrogen-bond acceptors (Lipinski definition) is 10. The number of sulfone groups is 1. The van der Waals surface area contributed by atoms with Gasteiger partial charge in [0.15, 0.2) is 5.82 Å². The fourth-order valence-electron chi connectivity index (χ4n) is 5.41. The van der Waals surface area contributed by atoms with Gasteiger partial charge in [0, 0.05) is 27.3 Å². The zero-order valence-corrected chi connectivity index (χ0v) is 27.8. The SMILES string of the molecule is Cc1cc(Nc2ncc(Cl)c(Nc3cn(C)nc3S(=O)(=O)C(C)C)n2)c(OC2CC2)cc1C1CCN(C)C(C(=O)N(C)C)C1. The summed E-state index contributed by atoms with van der Waals surface area (Å²) in [6, 6.07) is 3.96. The lowest BCUT2D eigenvalue weighted by atomic mass is 9.83. The van der Waals surface area contributed by atoms with Crippen LogP contribution in [0.4, 0.5) is 23.1 Å². The van der Waals surface area contributed by atoms with Gasteiger partial charge in [-0.1, -0.05) is 11.6 Å². The molecule has 2 aliphatic rings. The molecule has 2 unspecified atom stereocenters. The number of aryl methyl sites for hydroxylation is 2. The first-order valence-corrected chi connectivity index (χ1v) is 16.7. The van der Waals surface area contributed by atoms with Crippen LogP contribution >= 0.6 is 11.6 Å². The third-order valence-electron chi connectivity index (χ3n) is 8.15. The average Bonchev–Trinajstić information content (AvgIpc) is 3.70. The van der Waals surface area contributed by atoms with Crippen molar-refractivity contribution >= 4 is 50.5 Å². The van der Waals surface area contributed by atoms with Crippen molar-refractivity contribution < 1.29 is 17.9 Å². The number of carbonyl (C=O) groups is 1. The number of likely N-dealkylation sites (N-methyl/N-ethyl adjacent to an activating group) is 2. The van der Waals surface area contributed by atoms with Crippen molar-refractivity contribution in [3.8, 4) is 5.75 Å². The molecule has 0 radical (unpaired) electrons. The summed E-state index contributed by atoms with van der Waals surface area (Å²) < 4.78 is 33.6. The maximum absolute atomic E-state index is 12.9. The van der Waals surface area contributed by atoms with Crippen LogP contribution in [0.25, 0.3) is 0 Å². The van der Waals surface area contributed by atoms with Crippen molar-refractivity contribution in [3.63, 3.8) is 0 Å². The first kappa shape index (κ1) is 32.0. The maximum atomic E-state index is 12.9. The summed E-state index contributed by atoms with van der Waals surface area (Å²) in [5.41, 5.74) is 3.23. The van der Waals surface area contributed by atoms with Crippen molar-refractivity contribution in [1.82, 2.24) is 29.5 Å². The van der Waals surface area contributed by atoms with E-state index < -0.39 is 15.1 Å². The summed E-state index contributed by atoms with van der Waals surface area (Å²) in [5.74, 6) is 1.53. The Morgan fingerprint density at radius 2 is 1.86 bits per heavy atom. The second-order valence-electron chi connectivity index (χ2n) is 12.2. The highest BCUT2D eigenvalue weighted by Gasteiger charge is 2.34. The zero-order valence-electron chi connectivity index (χ0n) is 26.3. The second kappa shape index (κ2) is 12.5. The third-order valence-corrected chi connectivity index (χ3v) is 10.5. The molecular formula is C30H41ClN8O4S. The summed E-state index contributed by atoms with van der Waals surface area (Å²) in [6.07, 6.45) is 6.86. The predicted molar refractivity (Wildman–Crippen MR) is 171 cm³/mol. The molecule has 0 bridgehead atoms. The van der Waals surface area contributed by atoms with E-state index in [1.807, 2.05) is 13.1 Å². The van der Waals surface area contributed by atoms with Crippen LogP contribution in [0.15, 0.2) is 29.6 Å². The van der Waals surface area contributed by atoms with Crippen LogP contribution in [-0.2, 0) is 21.7 Å². The number of anilines is 4. The fraction of sp³-hybridized carbons (Fsp3) is 0.533. The van der Waals surface area contributed by atoms with E-state index >= 15 is 0 Å². The number of nitrogens with one attached hydrogen (secondary N) is 2. The van der Waals surface area contributed by atoms with Gasteiger partial charge in [-0.25, -0.2) is 13.4 Å². The minimum atomic E-state index is -3.66. The maximum Gasteiger partial charge on any atom is 0.239 e. The molecular weight excluding hydrogens is 604 g/mol. The van der Waals surface area contributed by atoms with E-state index in [0.29, 0.717) is 11.4 Å². The van der Waals surface area contributed by atoms with Gasteiger partial charge in [0.25, 0.3) is 0 Å². The van der Waals surface area contributed by atoms with Crippen LogP contribution in [0.2, 0.25) is 5.02 Å². The minimum Gasteiger partial charge on any atom is -0.488 e. The standard InChI is InChI=1S/C30H41ClN8O4S/c1-17(2)44(41,42)28-24(16-39(7)36-28)33-27-22(31)15-32-30(35-27)34-23-12-18(3)21(14-26(23)43-20-8-9-20)19-10-11-38(6)25(13-19)29(40)37(4)5/h12,14-17,19-20,25H,8-11,13H2,1-7H3,(H2,32,33,34,35). The Morgan fingerprint density at radius 3 is 2.52 bits per heavy atom. The Labute approximate surface area is 264 Å². The van der Waals surface area contributed by atoms with E-state index in [-0.39, 0.29) is 51.5 Å². The first-order valence-electron chi connectivity index (χ1n) is 14.8.